The molecule has 0 aliphatic rings. The molecule has 0 atom stereocenters. The number of amides is 1. The van der Waals surface area contributed by atoms with Gasteiger partial charge in [0.15, 0.2) is 0 Å². The molecule has 114 valence electrons. The zero-order valence-electron chi connectivity index (χ0n) is 12.4. The Kier molecular flexibility index (Phi) is 7.01. The van der Waals surface area contributed by atoms with E-state index in [-0.39, 0.29) is 18.9 Å². The largest absolute Gasteiger partial charge is 0.493 e. The van der Waals surface area contributed by atoms with Crippen LogP contribution < -0.4 is 4.74 Å². The third-order valence-electron chi connectivity index (χ3n) is 2.91. The highest BCUT2D eigenvalue weighted by molar-refractivity contribution is 5.92. The van der Waals surface area contributed by atoms with Gasteiger partial charge >= 0.3 is 5.97 Å². The highest BCUT2D eigenvalue weighted by Crippen LogP contribution is 2.19. The summed E-state index contributed by atoms with van der Waals surface area (Å²) in [6.45, 7) is 4.96. The summed E-state index contributed by atoms with van der Waals surface area (Å²) in [6, 6.07) is 7.45. The Morgan fingerprint density at radius 2 is 2.00 bits per heavy atom. The van der Waals surface area contributed by atoms with Gasteiger partial charge in [-0.05, 0) is 26.0 Å². The van der Waals surface area contributed by atoms with Gasteiger partial charge in [0.1, 0.15) is 5.75 Å². The maximum Gasteiger partial charge on any atom is 0.305 e. The molecule has 1 N–H and O–H groups in total. The Morgan fingerprint density at radius 3 is 2.62 bits per heavy atom. The van der Waals surface area contributed by atoms with Gasteiger partial charge in [-0.1, -0.05) is 18.2 Å². The zero-order valence-corrected chi connectivity index (χ0v) is 12.4. The van der Waals surface area contributed by atoms with Gasteiger partial charge in [-0.15, -0.1) is 0 Å². The van der Waals surface area contributed by atoms with Gasteiger partial charge in [0, 0.05) is 24.7 Å². The molecule has 0 bridgehead atoms. The van der Waals surface area contributed by atoms with Gasteiger partial charge in [0.25, 0.3) is 0 Å². The third-order valence-corrected chi connectivity index (χ3v) is 2.91. The SMILES string of the molecule is CCOc1ccccc1/C=C/C(=O)N(CC)CCC(=O)O. The van der Waals surface area contributed by atoms with Crippen molar-refractivity contribution in [3.63, 3.8) is 0 Å². The summed E-state index contributed by atoms with van der Waals surface area (Å²) in [5, 5.41) is 8.67. The molecule has 0 unspecified atom stereocenters. The summed E-state index contributed by atoms with van der Waals surface area (Å²) in [7, 11) is 0. The van der Waals surface area contributed by atoms with E-state index < -0.39 is 5.97 Å². The summed E-state index contributed by atoms with van der Waals surface area (Å²) in [5.74, 6) is -0.394. The number of carbonyl (C=O) groups is 2. The molecule has 0 radical (unpaired) electrons. The smallest absolute Gasteiger partial charge is 0.305 e. The monoisotopic (exact) mass is 291 g/mol. The lowest BCUT2D eigenvalue weighted by molar-refractivity contribution is -0.137. The molecule has 0 saturated heterocycles. The molecular formula is C16H21NO4. The lowest BCUT2D eigenvalue weighted by Gasteiger charge is -2.17. The molecule has 1 aromatic carbocycles. The summed E-state index contributed by atoms with van der Waals surface area (Å²) in [6.07, 6.45) is 3.09. The van der Waals surface area contributed by atoms with Crippen LogP contribution in [-0.2, 0) is 9.59 Å². The first kappa shape index (κ1) is 16.8. The Bertz CT molecular complexity index is 511. The molecule has 1 rings (SSSR count). The van der Waals surface area contributed by atoms with Crippen molar-refractivity contribution in [2.45, 2.75) is 20.3 Å². The Balaban J connectivity index is 2.74. The molecule has 0 fully saturated rings. The average molecular weight is 291 g/mol. The number of likely N-dealkylation sites (N-methyl/N-ethyl adjacent to an activating group) is 1. The molecule has 1 aromatic rings. The normalized spacial score (nSPS) is 10.6. The molecular weight excluding hydrogens is 270 g/mol. The van der Waals surface area contributed by atoms with Crippen LogP contribution >= 0.6 is 0 Å². The topological polar surface area (TPSA) is 66.8 Å². The second-order valence-electron chi connectivity index (χ2n) is 4.37. The molecule has 0 aliphatic heterocycles. The predicted octanol–water partition coefficient (Wildman–Crippen LogP) is 2.42. The first-order valence-corrected chi connectivity index (χ1v) is 6.99. The van der Waals surface area contributed by atoms with Crippen LogP contribution in [0, 0.1) is 0 Å². The molecule has 5 nitrogen and oxygen atoms in total. The number of ether oxygens (including phenoxy) is 1. The van der Waals surface area contributed by atoms with Gasteiger partial charge in [-0.3, -0.25) is 9.59 Å². The maximum absolute atomic E-state index is 12.0. The van der Waals surface area contributed by atoms with E-state index in [1.54, 1.807) is 6.08 Å². The third kappa shape index (κ3) is 5.69. The number of para-hydroxylation sites is 1. The maximum atomic E-state index is 12.0. The van der Waals surface area contributed by atoms with E-state index in [1.165, 1.54) is 11.0 Å². The second-order valence-corrected chi connectivity index (χ2v) is 4.37. The van der Waals surface area contributed by atoms with Crippen LogP contribution in [0.25, 0.3) is 6.08 Å². The molecule has 5 heteroatoms. The first-order chi connectivity index (χ1) is 10.1. The summed E-state index contributed by atoms with van der Waals surface area (Å²) in [4.78, 5) is 24.1. The van der Waals surface area contributed by atoms with Crippen molar-refractivity contribution >= 4 is 18.0 Å². The number of rotatable bonds is 8. The van der Waals surface area contributed by atoms with E-state index >= 15 is 0 Å². The highest BCUT2D eigenvalue weighted by Gasteiger charge is 2.10. The van der Waals surface area contributed by atoms with Crippen LogP contribution in [0.4, 0.5) is 0 Å². The van der Waals surface area contributed by atoms with Crippen molar-refractivity contribution in [1.29, 1.82) is 0 Å². The molecule has 0 aliphatic carbocycles. The summed E-state index contributed by atoms with van der Waals surface area (Å²) in [5.41, 5.74) is 0.821. The zero-order chi connectivity index (χ0) is 15.7. The van der Waals surface area contributed by atoms with Crippen molar-refractivity contribution in [3.05, 3.63) is 35.9 Å². The molecule has 0 aromatic heterocycles. The van der Waals surface area contributed by atoms with E-state index in [0.717, 1.165) is 11.3 Å². The molecule has 0 heterocycles. The van der Waals surface area contributed by atoms with Crippen molar-refractivity contribution in [1.82, 2.24) is 4.90 Å². The van der Waals surface area contributed by atoms with E-state index in [2.05, 4.69) is 0 Å². The number of carboxylic acids is 1. The fourth-order valence-corrected chi connectivity index (χ4v) is 1.83. The van der Waals surface area contributed by atoms with Crippen LogP contribution in [0.15, 0.2) is 30.3 Å². The van der Waals surface area contributed by atoms with Gasteiger partial charge in [0.2, 0.25) is 5.91 Å². The van der Waals surface area contributed by atoms with Crippen LogP contribution in [0.1, 0.15) is 25.8 Å². The van der Waals surface area contributed by atoms with E-state index in [1.807, 2.05) is 38.1 Å². The van der Waals surface area contributed by atoms with E-state index in [9.17, 15) is 9.59 Å². The Hall–Kier alpha value is -2.30. The first-order valence-electron chi connectivity index (χ1n) is 6.99. The number of aliphatic carboxylic acids is 1. The van der Waals surface area contributed by atoms with Gasteiger partial charge in [0.05, 0.1) is 13.0 Å². The van der Waals surface area contributed by atoms with Crippen LogP contribution in [0.3, 0.4) is 0 Å². The van der Waals surface area contributed by atoms with Crippen LogP contribution in [0.2, 0.25) is 0 Å². The minimum Gasteiger partial charge on any atom is -0.493 e. The number of carboxylic acid groups (broad SMARTS) is 1. The van der Waals surface area contributed by atoms with Gasteiger partial charge in [-0.25, -0.2) is 0 Å². The number of hydrogen-bond acceptors (Lipinski definition) is 3. The number of hydrogen-bond donors (Lipinski definition) is 1. The minimum absolute atomic E-state index is 0.0526. The summed E-state index contributed by atoms with van der Waals surface area (Å²) >= 11 is 0. The van der Waals surface area contributed by atoms with Gasteiger partial charge < -0.3 is 14.7 Å². The number of nitrogens with zero attached hydrogens (tertiary/aromatic N) is 1. The van der Waals surface area contributed by atoms with E-state index in [4.69, 9.17) is 9.84 Å². The van der Waals surface area contributed by atoms with Crippen molar-refractivity contribution < 1.29 is 19.4 Å². The number of carbonyl (C=O) groups excluding carboxylic acids is 1. The fourth-order valence-electron chi connectivity index (χ4n) is 1.83. The predicted molar refractivity (Wildman–Crippen MR) is 81.2 cm³/mol. The second kappa shape index (κ2) is 8.79. The lowest BCUT2D eigenvalue weighted by Crippen LogP contribution is -2.31. The van der Waals surface area contributed by atoms with Crippen molar-refractivity contribution in [2.75, 3.05) is 19.7 Å². The standard InChI is InChI=1S/C16H21NO4/c1-3-17(12-11-16(19)20)15(18)10-9-13-7-5-6-8-14(13)21-4-2/h5-10H,3-4,11-12H2,1-2H3,(H,19,20)/b10-9+. The van der Waals surface area contributed by atoms with Crippen LogP contribution in [0.5, 0.6) is 5.75 Å². The molecule has 1 amide bonds. The van der Waals surface area contributed by atoms with Crippen LogP contribution in [-0.4, -0.2) is 41.6 Å². The highest BCUT2D eigenvalue weighted by atomic mass is 16.5. The van der Waals surface area contributed by atoms with Gasteiger partial charge in [-0.2, -0.15) is 0 Å². The average Bonchev–Trinajstić information content (AvgIpc) is 2.47. The molecule has 0 saturated carbocycles. The Morgan fingerprint density at radius 1 is 1.29 bits per heavy atom. The number of benzene rings is 1. The Labute approximate surface area is 124 Å². The molecule has 21 heavy (non-hydrogen) atoms. The van der Waals surface area contributed by atoms with Crippen molar-refractivity contribution in [2.24, 2.45) is 0 Å². The fraction of sp³-hybridized carbons (Fsp3) is 0.375. The quantitative estimate of drug-likeness (QED) is 0.747. The summed E-state index contributed by atoms with van der Waals surface area (Å²) < 4.78 is 5.48. The van der Waals surface area contributed by atoms with E-state index in [0.29, 0.717) is 13.2 Å². The van der Waals surface area contributed by atoms with Crippen molar-refractivity contribution in [3.8, 4) is 5.75 Å². The molecule has 0 spiro atoms. The lowest BCUT2D eigenvalue weighted by atomic mass is 10.2. The minimum atomic E-state index is -0.910.